The number of aromatic nitrogens is 2. The zero-order chi connectivity index (χ0) is 16.4. The van der Waals surface area contributed by atoms with Crippen LogP contribution in [0, 0.1) is 0 Å². The molecule has 1 amide bonds. The number of H-pyrrole nitrogens is 1. The molecular formula is C18H21N3O3. The van der Waals surface area contributed by atoms with Gasteiger partial charge in [0.05, 0.1) is 13.0 Å². The van der Waals surface area contributed by atoms with Crippen molar-refractivity contribution in [2.75, 3.05) is 25.1 Å². The average Bonchev–Trinajstić information content (AvgIpc) is 3.24. The molecule has 6 heteroatoms. The molecule has 4 rings (SSSR count). The van der Waals surface area contributed by atoms with Crippen LogP contribution in [0.2, 0.25) is 0 Å². The SMILES string of the molecule is O=C(Cc1ccc2c(c1)CCO2)Nc1cc(C2CCOCC2)[nH]n1. The van der Waals surface area contributed by atoms with E-state index in [4.69, 9.17) is 9.47 Å². The van der Waals surface area contributed by atoms with Gasteiger partial charge < -0.3 is 14.8 Å². The summed E-state index contributed by atoms with van der Waals surface area (Å²) in [6.45, 7) is 2.30. The summed E-state index contributed by atoms with van der Waals surface area (Å²) < 4.78 is 10.9. The maximum Gasteiger partial charge on any atom is 0.229 e. The smallest absolute Gasteiger partial charge is 0.229 e. The second-order valence-corrected chi connectivity index (χ2v) is 6.36. The molecule has 1 saturated heterocycles. The molecule has 0 unspecified atom stereocenters. The zero-order valence-electron chi connectivity index (χ0n) is 13.5. The van der Waals surface area contributed by atoms with E-state index in [1.165, 1.54) is 5.56 Å². The Bertz CT molecular complexity index is 735. The van der Waals surface area contributed by atoms with Gasteiger partial charge >= 0.3 is 0 Å². The van der Waals surface area contributed by atoms with Crippen LogP contribution in [-0.4, -0.2) is 35.9 Å². The summed E-state index contributed by atoms with van der Waals surface area (Å²) in [7, 11) is 0. The van der Waals surface area contributed by atoms with Gasteiger partial charge in [-0.2, -0.15) is 5.10 Å². The van der Waals surface area contributed by atoms with E-state index in [1.807, 2.05) is 18.2 Å². The Hall–Kier alpha value is -2.34. The standard InChI is InChI=1S/C18H21N3O3/c22-18(10-12-1-2-16-14(9-12)5-8-24-16)19-17-11-15(20-21-17)13-3-6-23-7-4-13/h1-2,9,11,13H,3-8,10H2,(H2,19,20,21,22). The molecule has 0 atom stereocenters. The maximum absolute atomic E-state index is 12.3. The van der Waals surface area contributed by atoms with E-state index >= 15 is 0 Å². The van der Waals surface area contributed by atoms with Crippen LogP contribution in [-0.2, 0) is 22.4 Å². The van der Waals surface area contributed by atoms with Crippen LogP contribution in [0.3, 0.4) is 0 Å². The number of hydrogen-bond acceptors (Lipinski definition) is 4. The van der Waals surface area contributed by atoms with Crippen molar-refractivity contribution in [2.45, 2.75) is 31.6 Å². The van der Waals surface area contributed by atoms with E-state index in [2.05, 4.69) is 21.6 Å². The molecule has 2 aliphatic rings. The second kappa shape index (κ2) is 6.65. The van der Waals surface area contributed by atoms with Gasteiger partial charge in [0.1, 0.15) is 5.75 Å². The third-order valence-electron chi connectivity index (χ3n) is 4.64. The lowest BCUT2D eigenvalue weighted by Gasteiger charge is -2.20. The Balaban J connectivity index is 1.36. The minimum Gasteiger partial charge on any atom is -0.493 e. The minimum absolute atomic E-state index is 0.0566. The van der Waals surface area contributed by atoms with E-state index in [9.17, 15) is 4.79 Å². The molecule has 126 valence electrons. The summed E-state index contributed by atoms with van der Waals surface area (Å²) in [5.74, 6) is 1.91. The fourth-order valence-corrected chi connectivity index (χ4v) is 3.34. The van der Waals surface area contributed by atoms with Crippen molar-refractivity contribution >= 4 is 11.7 Å². The number of hydrogen-bond donors (Lipinski definition) is 2. The third-order valence-corrected chi connectivity index (χ3v) is 4.64. The normalized spacial score (nSPS) is 17.3. The van der Waals surface area contributed by atoms with Gasteiger partial charge in [0.2, 0.25) is 5.91 Å². The molecule has 0 bridgehead atoms. The van der Waals surface area contributed by atoms with Gasteiger partial charge in [-0.15, -0.1) is 0 Å². The fraction of sp³-hybridized carbons (Fsp3) is 0.444. The van der Waals surface area contributed by atoms with Gasteiger partial charge in [-0.25, -0.2) is 0 Å². The maximum atomic E-state index is 12.3. The molecule has 1 aromatic carbocycles. The third kappa shape index (κ3) is 3.28. The average molecular weight is 327 g/mol. The quantitative estimate of drug-likeness (QED) is 0.904. The van der Waals surface area contributed by atoms with Gasteiger partial charge in [0.25, 0.3) is 0 Å². The molecule has 1 fully saturated rings. The summed E-state index contributed by atoms with van der Waals surface area (Å²) in [4.78, 5) is 12.3. The highest BCUT2D eigenvalue weighted by molar-refractivity contribution is 5.91. The molecular weight excluding hydrogens is 306 g/mol. The number of nitrogens with zero attached hydrogens (tertiary/aromatic N) is 1. The van der Waals surface area contributed by atoms with Crippen LogP contribution in [0.4, 0.5) is 5.82 Å². The van der Waals surface area contributed by atoms with Gasteiger partial charge in [0.15, 0.2) is 5.82 Å². The number of amides is 1. The van der Waals surface area contributed by atoms with Gasteiger partial charge in [0, 0.05) is 37.3 Å². The number of nitrogens with one attached hydrogen (secondary N) is 2. The van der Waals surface area contributed by atoms with Gasteiger partial charge in [-0.05, 0) is 30.0 Å². The predicted octanol–water partition coefficient (Wildman–Crippen LogP) is 2.42. The molecule has 0 saturated carbocycles. The molecule has 6 nitrogen and oxygen atoms in total. The number of rotatable bonds is 4. The van der Waals surface area contributed by atoms with Crippen LogP contribution in [0.15, 0.2) is 24.3 Å². The van der Waals surface area contributed by atoms with E-state index in [0.29, 0.717) is 18.2 Å². The predicted molar refractivity (Wildman–Crippen MR) is 89.4 cm³/mol. The molecule has 2 aliphatic heterocycles. The number of aromatic amines is 1. The summed E-state index contributed by atoms with van der Waals surface area (Å²) in [6, 6.07) is 7.88. The highest BCUT2D eigenvalue weighted by atomic mass is 16.5. The Morgan fingerprint density at radius 2 is 2.12 bits per heavy atom. The van der Waals surface area contributed by atoms with Crippen molar-refractivity contribution in [3.8, 4) is 5.75 Å². The number of carbonyl (C=O) groups is 1. The van der Waals surface area contributed by atoms with E-state index in [1.54, 1.807) is 0 Å². The molecule has 2 aromatic rings. The molecule has 0 spiro atoms. The molecule has 0 aliphatic carbocycles. The number of fused-ring (bicyclic) bond motifs is 1. The van der Waals surface area contributed by atoms with E-state index in [-0.39, 0.29) is 5.91 Å². The first-order valence-corrected chi connectivity index (χ1v) is 8.45. The lowest BCUT2D eigenvalue weighted by atomic mass is 9.97. The summed E-state index contributed by atoms with van der Waals surface area (Å²) in [5.41, 5.74) is 3.25. The van der Waals surface area contributed by atoms with Gasteiger partial charge in [-0.3, -0.25) is 9.89 Å². The second-order valence-electron chi connectivity index (χ2n) is 6.36. The number of benzene rings is 1. The Morgan fingerprint density at radius 3 is 3.00 bits per heavy atom. The topological polar surface area (TPSA) is 76.2 Å². The number of anilines is 1. The molecule has 1 aromatic heterocycles. The summed E-state index contributed by atoms with van der Waals surface area (Å²) in [6.07, 6.45) is 3.24. The number of carbonyl (C=O) groups excluding carboxylic acids is 1. The van der Waals surface area contributed by atoms with Crippen molar-refractivity contribution < 1.29 is 14.3 Å². The fourth-order valence-electron chi connectivity index (χ4n) is 3.34. The van der Waals surface area contributed by atoms with Gasteiger partial charge in [-0.1, -0.05) is 12.1 Å². The van der Waals surface area contributed by atoms with E-state index < -0.39 is 0 Å². The molecule has 2 N–H and O–H groups in total. The summed E-state index contributed by atoms with van der Waals surface area (Å²) in [5, 5.41) is 10.1. The Kier molecular flexibility index (Phi) is 4.21. The molecule has 0 radical (unpaired) electrons. The first kappa shape index (κ1) is 15.2. The summed E-state index contributed by atoms with van der Waals surface area (Å²) >= 11 is 0. The van der Waals surface area contributed by atoms with Crippen LogP contribution in [0.1, 0.15) is 35.6 Å². The first-order chi connectivity index (χ1) is 11.8. The van der Waals surface area contributed by atoms with Crippen molar-refractivity contribution in [3.63, 3.8) is 0 Å². The van der Waals surface area contributed by atoms with Crippen LogP contribution < -0.4 is 10.1 Å². The van der Waals surface area contributed by atoms with Crippen LogP contribution in [0.25, 0.3) is 0 Å². The highest BCUT2D eigenvalue weighted by Crippen LogP contribution is 2.27. The van der Waals surface area contributed by atoms with Crippen LogP contribution in [0.5, 0.6) is 5.75 Å². The Morgan fingerprint density at radius 1 is 1.25 bits per heavy atom. The largest absolute Gasteiger partial charge is 0.493 e. The van der Waals surface area contributed by atoms with Crippen molar-refractivity contribution in [1.29, 1.82) is 0 Å². The molecule has 24 heavy (non-hydrogen) atoms. The van der Waals surface area contributed by atoms with E-state index in [0.717, 1.165) is 56.1 Å². The number of ether oxygens (including phenoxy) is 2. The monoisotopic (exact) mass is 327 g/mol. The lowest BCUT2D eigenvalue weighted by Crippen LogP contribution is -2.15. The zero-order valence-corrected chi connectivity index (χ0v) is 13.5. The molecule has 3 heterocycles. The lowest BCUT2D eigenvalue weighted by molar-refractivity contribution is -0.115. The Labute approximate surface area is 140 Å². The highest BCUT2D eigenvalue weighted by Gasteiger charge is 2.19. The first-order valence-electron chi connectivity index (χ1n) is 8.45. The van der Waals surface area contributed by atoms with Crippen molar-refractivity contribution in [3.05, 3.63) is 41.1 Å². The van der Waals surface area contributed by atoms with Crippen LogP contribution >= 0.6 is 0 Å². The minimum atomic E-state index is -0.0566. The van der Waals surface area contributed by atoms with Crippen molar-refractivity contribution in [1.82, 2.24) is 10.2 Å². The van der Waals surface area contributed by atoms with Crippen molar-refractivity contribution in [2.24, 2.45) is 0 Å².